The second kappa shape index (κ2) is 7.48. The number of nitrogens with zero attached hydrogens (tertiary/aromatic N) is 1. The Hall–Kier alpha value is -1.51. The van der Waals surface area contributed by atoms with Crippen molar-refractivity contribution in [2.24, 2.45) is 0 Å². The van der Waals surface area contributed by atoms with Gasteiger partial charge in [0.15, 0.2) is 0 Å². The average molecular weight is 398 g/mol. The van der Waals surface area contributed by atoms with E-state index in [9.17, 15) is 17.2 Å². The first kappa shape index (κ1) is 18.8. The minimum absolute atomic E-state index is 0.0193. The van der Waals surface area contributed by atoms with Gasteiger partial charge in [-0.2, -0.15) is 8.78 Å². The SMILES string of the molecule is O=S(=O)(NC1CCN(C2CC2)CC1)C1=Cc2ccc(OC(F)F)cc2CC1. The molecular weight excluding hydrogens is 374 g/mol. The second-order valence-corrected chi connectivity index (χ2v) is 9.28. The summed E-state index contributed by atoms with van der Waals surface area (Å²) in [4.78, 5) is 2.82. The zero-order valence-electron chi connectivity index (χ0n) is 15.0. The topological polar surface area (TPSA) is 58.6 Å². The Morgan fingerprint density at radius 3 is 2.52 bits per heavy atom. The minimum Gasteiger partial charge on any atom is -0.435 e. The molecule has 4 rings (SSSR count). The number of piperidine rings is 1. The van der Waals surface area contributed by atoms with Crippen molar-refractivity contribution in [1.82, 2.24) is 9.62 Å². The lowest BCUT2D eigenvalue weighted by Crippen LogP contribution is -2.45. The number of halogens is 2. The third kappa shape index (κ3) is 4.50. The Bertz CT molecular complexity index is 829. The summed E-state index contributed by atoms with van der Waals surface area (Å²) in [7, 11) is -3.54. The van der Waals surface area contributed by atoms with Crippen LogP contribution in [0.1, 0.15) is 43.2 Å². The van der Waals surface area contributed by atoms with Crippen LogP contribution < -0.4 is 9.46 Å². The van der Waals surface area contributed by atoms with Crippen LogP contribution in [0.15, 0.2) is 23.1 Å². The van der Waals surface area contributed by atoms with Crippen molar-refractivity contribution in [1.29, 1.82) is 0 Å². The molecule has 0 atom stereocenters. The first-order valence-electron chi connectivity index (χ1n) is 9.45. The van der Waals surface area contributed by atoms with Gasteiger partial charge in [-0.05, 0) is 81.0 Å². The molecule has 0 aromatic heterocycles. The van der Waals surface area contributed by atoms with E-state index >= 15 is 0 Å². The highest BCUT2D eigenvalue weighted by Crippen LogP contribution is 2.32. The summed E-state index contributed by atoms with van der Waals surface area (Å²) < 4.78 is 57.5. The van der Waals surface area contributed by atoms with Gasteiger partial charge in [-0.3, -0.25) is 0 Å². The monoisotopic (exact) mass is 398 g/mol. The molecule has 2 fully saturated rings. The van der Waals surface area contributed by atoms with Gasteiger partial charge in [-0.1, -0.05) is 6.07 Å². The molecule has 0 unspecified atom stereocenters. The summed E-state index contributed by atoms with van der Waals surface area (Å²) in [5.41, 5.74) is 1.57. The molecule has 1 saturated heterocycles. The quantitative estimate of drug-likeness (QED) is 0.800. The number of hydrogen-bond donors (Lipinski definition) is 1. The van der Waals surface area contributed by atoms with Gasteiger partial charge in [0.1, 0.15) is 5.75 Å². The highest BCUT2D eigenvalue weighted by Gasteiger charge is 2.33. The molecule has 1 saturated carbocycles. The number of likely N-dealkylation sites (tertiary alicyclic amines) is 1. The number of aryl methyl sites for hydroxylation is 1. The van der Waals surface area contributed by atoms with E-state index in [1.807, 2.05) is 0 Å². The van der Waals surface area contributed by atoms with Crippen LogP contribution >= 0.6 is 0 Å². The van der Waals surface area contributed by atoms with Crippen LogP contribution in [0.4, 0.5) is 8.78 Å². The zero-order chi connectivity index (χ0) is 19.0. The van der Waals surface area contributed by atoms with Crippen molar-refractivity contribution in [2.75, 3.05) is 13.1 Å². The van der Waals surface area contributed by atoms with Crippen LogP contribution in [0, 0.1) is 0 Å². The van der Waals surface area contributed by atoms with E-state index in [0.717, 1.165) is 43.1 Å². The number of fused-ring (bicyclic) bond motifs is 1. The molecule has 27 heavy (non-hydrogen) atoms. The summed E-state index contributed by atoms with van der Waals surface area (Å²) in [6.07, 6.45) is 6.72. The van der Waals surface area contributed by atoms with Gasteiger partial charge in [0.05, 0.1) is 4.91 Å². The Balaban J connectivity index is 1.42. The number of rotatable bonds is 6. The van der Waals surface area contributed by atoms with Gasteiger partial charge >= 0.3 is 6.61 Å². The van der Waals surface area contributed by atoms with Gasteiger partial charge in [0, 0.05) is 12.1 Å². The molecule has 0 bridgehead atoms. The van der Waals surface area contributed by atoms with Crippen LogP contribution in [-0.2, 0) is 16.4 Å². The Labute approximate surface area is 158 Å². The molecule has 2 aliphatic carbocycles. The molecule has 8 heteroatoms. The number of alkyl halides is 2. The van der Waals surface area contributed by atoms with Crippen molar-refractivity contribution < 1.29 is 21.9 Å². The smallest absolute Gasteiger partial charge is 0.387 e. The van der Waals surface area contributed by atoms with Gasteiger partial charge in [0.25, 0.3) is 0 Å². The number of nitrogens with one attached hydrogen (secondary N) is 1. The molecule has 1 aliphatic heterocycles. The molecule has 1 N–H and O–H groups in total. The van der Waals surface area contributed by atoms with E-state index in [2.05, 4.69) is 14.4 Å². The molecule has 5 nitrogen and oxygen atoms in total. The molecule has 1 aromatic carbocycles. The van der Waals surface area contributed by atoms with E-state index in [-0.39, 0.29) is 11.8 Å². The summed E-state index contributed by atoms with van der Waals surface area (Å²) in [5.74, 6) is 0.101. The largest absolute Gasteiger partial charge is 0.435 e. The molecule has 0 amide bonds. The van der Waals surface area contributed by atoms with Crippen LogP contribution in [-0.4, -0.2) is 45.1 Å². The first-order valence-corrected chi connectivity index (χ1v) is 10.9. The molecule has 0 spiro atoms. The minimum atomic E-state index is -3.54. The summed E-state index contributed by atoms with van der Waals surface area (Å²) in [6.45, 7) is -0.965. The molecule has 1 aromatic rings. The van der Waals surface area contributed by atoms with Crippen LogP contribution in [0.5, 0.6) is 5.75 Å². The van der Waals surface area contributed by atoms with Crippen LogP contribution in [0.25, 0.3) is 6.08 Å². The molecule has 3 aliphatic rings. The van der Waals surface area contributed by atoms with E-state index in [0.29, 0.717) is 17.7 Å². The molecule has 1 heterocycles. The van der Waals surface area contributed by atoms with Crippen molar-refractivity contribution in [2.45, 2.75) is 57.2 Å². The van der Waals surface area contributed by atoms with Crippen molar-refractivity contribution >= 4 is 16.1 Å². The maximum Gasteiger partial charge on any atom is 0.387 e. The van der Waals surface area contributed by atoms with Gasteiger partial charge in [0.2, 0.25) is 10.0 Å². The van der Waals surface area contributed by atoms with E-state index in [1.165, 1.54) is 18.9 Å². The standard InChI is InChI=1S/C19H24F2N2O3S/c20-19(21)26-17-5-1-14-12-18(6-2-13(14)11-17)27(24,25)22-15-7-9-23(10-8-15)16-3-4-16/h1,5,11-12,15-16,19,22H,2-4,6-10H2. The van der Waals surface area contributed by atoms with E-state index in [1.54, 1.807) is 18.2 Å². The maximum absolute atomic E-state index is 12.8. The van der Waals surface area contributed by atoms with Crippen LogP contribution in [0.2, 0.25) is 0 Å². The fourth-order valence-corrected chi connectivity index (χ4v) is 5.43. The van der Waals surface area contributed by atoms with Gasteiger partial charge < -0.3 is 9.64 Å². The molecular formula is C19H24F2N2O3S. The fraction of sp³-hybridized carbons (Fsp3) is 0.579. The van der Waals surface area contributed by atoms with E-state index < -0.39 is 16.6 Å². The first-order chi connectivity index (χ1) is 12.9. The third-order valence-corrected chi connectivity index (χ3v) is 7.21. The fourth-order valence-electron chi connectivity index (χ4n) is 3.95. The number of benzene rings is 1. The number of hydrogen-bond acceptors (Lipinski definition) is 4. The Morgan fingerprint density at radius 2 is 1.85 bits per heavy atom. The predicted molar refractivity (Wildman–Crippen MR) is 99.0 cm³/mol. The molecule has 0 radical (unpaired) electrons. The summed E-state index contributed by atoms with van der Waals surface area (Å²) in [6, 6.07) is 5.34. The lowest BCUT2D eigenvalue weighted by Gasteiger charge is -2.32. The number of allylic oxidation sites excluding steroid dienone is 1. The van der Waals surface area contributed by atoms with Gasteiger partial charge in [-0.25, -0.2) is 13.1 Å². The lowest BCUT2D eigenvalue weighted by molar-refractivity contribution is -0.0498. The van der Waals surface area contributed by atoms with Crippen LogP contribution in [0.3, 0.4) is 0 Å². The van der Waals surface area contributed by atoms with Crippen molar-refractivity contribution in [3.8, 4) is 5.75 Å². The Morgan fingerprint density at radius 1 is 1.11 bits per heavy atom. The highest BCUT2D eigenvalue weighted by molar-refractivity contribution is 7.93. The summed E-state index contributed by atoms with van der Waals surface area (Å²) >= 11 is 0. The third-order valence-electron chi connectivity index (χ3n) is 5.56. The van der Waals surface area contributed by atoms with E-state index in [4.69, 9.17) is 0 Å². The zero-order valence-corrected chi connectivity index (χ0v) is 15.9. The highest BCUT2D eigenvalue weighted by atomic mass is 32.2. The average Bonchev–Trinajstić information content (AvgIpc) is 3.46. The van der Waals surface area contributed by atoms with Crippen molar-refractivity contribution in [3.05, 3.63) is 34.2 Å². The second-order valence-electron chi connectivity index (χ2n) is 7.51. The van der Waals surface area contributed by atoms with Crippen molar-refractivity contribution in [3.63, 3.8) is 0 Å². The lowest BCUT2D eigenvalue weighted by atomic mass is 9.97. The molecule has 148 valence electrons. The normalized spacial score (nSPS) is 21.8. The maximum atomic E-state index is 12.8. The predicted octanol–water partition coefficient (Wildman–Crippen LogP) is 3.12. The summed E-state index contributed by atoms with van der Waals surface area (Å²) in [5, 5.41) is 0. The number of ether oxygens (including phenoxy) is 1. The number of sulfonamides is 1. The van der Waals surface area contributed by atoms with Gasteiger partial charge in [-0.15, -0.1) is 0 Å². The Kier molecular flexibility index (Phi) is 5.22.